The SMILES string of the molecule is CC.CCCCCN(C)CCCCC. The summed E-state index contributed by atoms with van der Waals surface area (Å²) in [4.78, 5) is 2.46. The van der Waals surface area contributed by atoms with Crippen LogP contribution in [0.3, 0.4) is 0 Å². The van der Waals surface area contributed by atoms with Crippen LogP contribution in [0.2, 0.25) is 0 Å². The predicted octanol–water partition coefficient (Wildman–Crippen LogP) is 4.32. The summed E-state index contributed by atoms with van der Waals surface area (Å²) in [5, 5.41) is 0. The van der Waals surface area contributed by atoms with E-state index in [0.29, 0.717) is 0 Å². The van der Waals surface area contributed by atoms with E-state index >= 15 is 0 Å². The van der Waals surface area contributed by atoms with Crippen molar-refractivity contribution in [1.29, 1.82) is 0 Å². The van der Waals surface area contributed by atoms with Crippen molar-refractivity contribution in [3.05, 3.63) is 0 Å². The zero-order chi connectivity index (χ0) is 11.2. The molecule has 14 heavy (non-hydrogen) atoms. The first kappa shape index (κ1) is 16.4. The molecule has 0 saturated heterocycles. The Kier molecular flexibility index (Phi) is 18.1. The minimum atomic E-state index is 1.29. The fourth-order valence-electron chi connectivity index (χ4n) is 1.38. The molecule has 0 aromatic heterocycles. The van der Waals surface area contributed by atoms with Gasteiger partial charge >= 0.3 is 0 Å². The second kappa shape index (κ2) is 15.4. The van der Waals surface area contributed by atoms with Crippen LogP contribution < -0.4 is 0 Å². The zero-order valence-corrected chi connectivity index (χ0v) is 11.1. The summed E-state index contributed by atoms with van der Waals surface area (Å²) < 4.78 is 0. The number of hydrogen-bond acceptors (Lipinski definition) is 1. The molecule has 0 radical (unpaired) electrons. The molecule has 0 aromatic carbocycles. The molecule has 88 valence electrons. The molecule has 0 amide bonds. The van der Waals surface area contributed by atoms with E-state index in [0.717, 1.165) is 0 Å². The Balaban J connectivity index is 0. The van der Waals surface area contributed by atoms with Gasteiger partial charge in [-0.1, -0.05) is 53.4 Å². The second-order valence-electron chi connectivity index (χ2n) is 3.72. The van der Waals surface area contributed by atoms with Gasteiger partial charge in [-0.3, -0.25) is 0 Å². The van der Waals surface area contributed by atoms with Gasteiger partial charge < -0.3 is 4.90 Å². The van der Waals surface area contributed by atoms with Gasteiger partial charge in [-0.15, -0.1) is 0 Å². The lowest BCUT2D eigenvalue weighted by Gasteiger charge is -2.15. The van der Waals surface area contributed by atoms with Gasteiger partial charge in [0.05, 0.1) is 0 Å². The van der Waals surface area contributed by atoms with Crippen molar-refractivity contribution in [3.63, 3.8) is 0 Å². The third kappa shape index (κ3) is 14.5. The predicted molar refractivity (Wildman–Crippen MR) is 67.9 cm³/mol. The molecule has 0 N–H and O–H groups in total. The van der Waals surface area contributed by atoms with E-state index in [1.165, 1.54) is 51.6 Å². The van der Waals surface area contributed by atoms with Gasteiger partial charge in [-0.2, -0.15) is 0 Å². The molecule has 1 nitrogen and oxygen atoms in total. The lowest BCUT2D eigenvalue weighted by molar-refractivity contribution is 0.317. The van der Waals surface area contributed by atoms with Gasteiger partial charge in [0.1, 0.15) is 0 Å². The first-order valence-corrected chi connectivity index (χ1v) is 6.49. The highest BCUT2D eigenvalue weighted by atomic mass is 15.1. The van der Waals surface area contributed by atoms with Crippen molar-refractivity contribution in [2.24, 2.45) is 0 Å². The van der Waals surface area contributed by atoms with Crippen LogP contribution in [-0.2, 0) is 0 Å². The summed E-state index contributed by atoms with van der Waals surface area (Å²) in [6.07, 6.45) is 8.19. The van der Waals surface area contributed by atoms with Crippen LogP contribution in [0.25, 0.3) is 0 Å². The van der Waals surface area contributed by atoms with Crippen LogP contribution in [0.4, 0.5) is 0 Å². The molecular weight excluding hydrogens is 170 g/mol. The van der Waals surface area contributed by atoms with E-state index in [4.69, 9.17) is 0 Å². The van der Waals surface area contributed by atoms with E-state index in [1.54, 1.807) is 0 Å². The molecule has 0 spiro atoms. The highest BCUT2D eigenvalue weighted by molar-refractivity contribution is 4.51. The van der Waals surface area contributed by atoms with Crippen molar-refractivity contribution in [2.75, 3.05) is 20.1 Å². The molecule has 0 rings (SSSR count). The molecule has 0 fully saturated rings. The van der Waals surface area contributed by atoms with Crippen molar-refractivity contribution in [1.82, 2.24) is 4.90 Å². The summed E-state index contributed by atoms with van der Waals surface area (Å²) in [6.45, 7) is 11.1. The Labute approximate surface area is 91.9 Å². The maximum Gasteiger partial charge on any atom is -0.00218 e. The topological polar surface area (TPSA) is 3.24 Å². The molecule has 0 heterocycles. The lowest BCUT2D eigenvalue weighted by Crippen LogP contribution is -2.20. The van der Waals surface area contributed by atoms with Crippen LogP contribution >= 0.6 is 0 Å². The van der Waals surface area contributed by atoms with E-state index in [9.17, 15) is 0 Å². The van der Waals surface area contributed by atoms with Crippen molar-refractivity contribution in [3.8, 4) is 0 Å². The maximum absolute atomic E-state index is 2.46. The molecule has 1 heteroatoms. The Morgan fingerprint density at radius 1 is 0.714 bits per heavy atom. The number of unbranched alkanes of at least 4 members (excludes halogenated alkanes) is 4. The first-order chi connectivity index (χ1) is 6.81. The standard InChI is InChI=1S/C11H25N.C2H6/c1-4-6-8-10-12(3)11-9-7-5-2;1-2/h4-11H2,1-3H3;1-2H3. The molecule has 0 bridgehead atoms. The molecule has 0 atom stereocenters. The monoisotopic (exact) mass is 201 g/mol. The molecular formula is C13H31N. The molecule has 0 aliphatic heterocycles. The number of hydrogen-bond donors (Lipinski definition) is 0. The molecule has 0 aliphatic rings. The fourth-order valence-corrected chi connectivity index (χ4v) is 1.38. The van der Waals surface area contributed by atoms with Gasteiger partial charge in [0.25, 0.3) is 0 Å². The van der Waals surface area contributed by atoms with E-state index in [1.807, 2.05) is 13.8 Å². The third-order valence-electron chi connectivity index (χ3n) is 2.29. The van der Waals surface area contributed by atoms with Crippen LogP contribution in [-0.4, -0.2) is 25.0 Å². The summed E-state index contributed by atoms with van der Waals surface area (Å²) in [5.74, 6) is 0. The van der Waals surface area contributed by atoms with Crippen LogP contribution in [0.15, 0.2) is 0 Å². The molecule has 0 unspecified atom stereocenters. The average molecular weight is 201 g/mol. The minimum Gasteiger partial charge on any atom is -0.306 e. The summed E-state index contributed by atoms with van der Waals surface area (Å²) >= 11 is 0. The number of nitrogens with zero attached hydrogens (tertiary/aromatic N) is 1. The Morgan fingerprint density at radius 2 is 1.07 bits per heavy atom. The Hall–Kier alpha value is -0.0400. The van der Waals surface area contributed by atoms with E-state index in [2.05, 4.69) is 25.8 Å². The van der Waals surface area contributed by atoms with Gasteiger partial charge in [0.2, 0.25) is 0 Å². The zero-order valence-electron chi connectivity index (χ0n) is 11.1. The highest BCUT2D eigenvalue weighted by Gasteiger charge is 1.96. The van der Waals surface area contributed by atoms with Gasteiger partial charge in [0.15, 0.2) is 0 Å². The summed E-state index contributed by atoms with van der Waals surface area (Å²) in [7, 11) is 2.24. The average Bonchev–Trinajstić information content (AvgIpc) is 2.22. The summed E-state index contributed by atoms with van der Waals surface area (Å²) in [5.41, 5.74) is 0. The molecule has 0 aromatic rings. The van der Waals surface area contributed by atoms with Crippen LogP contribution in [0, 0.1) is 0 Å². The molecule has 0 aliphatic carbocycles. The third-order valence-corrected chi connectivity index (χ3v) is 2.29. The maximum atomic E-state index is 2.46. The van der Waals surface area contributed by atoms with Crippen LogP contribution in [0.5, 0.6) is 0 Å². The normalized spacial score (nSPS) is 9.86. The lowest BCUT2D eigenvalue weighted by atomic mass is 10.2. The van der Waals surface area contributed by atoms with Crippen LogP contribution in [0.1, 0.15) is 66.2 Å². The summed E-state index contributed by atoms with van der Waals surface area (Å²) in [6, 6.07) is 0. The van der Waals surface area contributed by atoms with Gasteiger partial charge in [-0.25, -0.2) is 0 Å². The van der Waals surface area contributed by atoms with Crippen molar-refractivity contribution < 1.29 is 0 Å². The van der Waals surface area contributed by atoms with Crippen molar-refractivity contribution in [2.45, 2.75) is 66.2 Å². The van der Waals surface area contributed by atoms with E-state index < -0.39 is 0 Å². The highest BCUT2D eigenvalue weighted by Crippen LogP contribution is 1.99. The Morgan fingerprint density at radius 3 is 1.36 bits per heavy atom. The van der Waals surface area contributed by atoms with Crippen molar-refractivity contribution >= 4 is 0 Å². The fraction of sp³-hybridized carbons (Fsp3) is 1.00. The first-order valence-electron chi connectivity index (χ1n) is 6.49. The largest absolute Gasteiger partial charge is 0.306 e. The van der Waals surface area contributed by atoms with Gasteiger partial charge in [0, 0.05) is 0 Å². The smallest absolute Gasteiger partial charge is 0.00218 e. The van der Waals surface area contributed by atoms with E-state index in [-0.39, 0.29) is 0 Å². The van der Waals surface area contributed by atoms with Gasteiger partial charge in [-0.05, 0) is 33.0 Å². The molecule has 0 saturated carbocycles. The minimum absolute atomic E-state index is 1.29. The number of rotatable bonds is 8. The second-order valence-corrected chi connectivity index (χ2v) is 3.72. The Bertz CT molecular complexity index is 71.3. The quantitative estimate of drug-likeness (QED) is 0.528.